The van der Waals surface area contributed by atoms with Crippen LogP contribution in [0.3, 0.4) is 0 Å². The number of hydrogen-bond donors (Lipinski definition) is 1. The second-order valence-corrected chi connectivity index (χ2v) is 15.4. The van der Waals surface area contributed by atoms with E-state index in [4.69, 9.17) is 7.17 Å². The predicted molar refractivity (Wildman–Crippen MR) is 129 cm³/mol. The molecule has 0 saturated heterocycles. The topological polar surface area (TPSA) is 29.5 Å². The Labute approximate surface area is 184 Å². The van der Waals surface area contributed by atoms with Crippen molar-refractivity contribution in [2.24, 2.45) is 5.41 Å². The summed E-state index contributed by atoms with van der Waals surface area (Å²) >= 11 is 0. The van der Waals surface area contributed by atoms with E-state index in [1.165, 1.54) is 0 Å². The molecule has 1 unspecified atom stereocenters. The lowest BCUT2D eigenvalue weighted by Gasteiger charge is -2.35. The van der Waals surface area contributed by atoms with Crippen LogP contribution in [0, 0.1) is 17.3 Å². The molecular weight excluding hydrogens is 372 g/mol. The molecule has 2 nitrogen and oxygen atoms in total. The maximum atomic E-state index is 10.5. The first kappa shape index (κ1) is 22.6. The molecule has 1 aliphatic carbocycles. The Hall–Kier alpha value is -1.08. The van der Waals surface area contributed by atoms with E-state index in [2.05, 4.69) is 59.6 Å². The molecule has 0 radical (unpaired) electrons. The van der Waals surface area contributed by atoms with Gasteiger partial charge in [0.1, 0.15) is 6.10 Å². The SMILES string of the molecule is [2H]C([2H])(/C=C(\C)C(O)C#C/C(C)=C/CO[Si](C)(C)C(C)(C)C)C1=C(C)CCCC1(C)C. The normalized spacial score (nSPS) is 21.2. The van der Waals surface area contributed by atoms with Crippen LogP contribution >= 0.6 is 0 Å². The minimum absolute atomic E-state index is 0.165. The molecular formula is C26H44O2Si. The third-order valence-electron chi connectivity index (χ3n) is 6.38. The monoisotopic (exact) mass is 418 g/mol. The van der Waals surface area contributed by atoms with Crippen LogP contribution in [0.1, 0.15) is 83.8 Å². The second kappa shape index (κ2) is 10.3. The Kier molecular flexibility index (Phi) is 8.02. The van der Waals surface area contributed by atoms with Crippen molar-refractivity contribution in [1.29, 1.82) is 0 Å². The highest BCUT2D eigenvalue weighted by molar-refractivity contribution is 6.74. The molecule has 0 bridgehead atoms. The molecule has 29 heavy (non-hydrogen) atoms. The van der Waals surface area contributed by atoms with Gasteiger partial charge < -0.3 is 9.53 Å². The molecule has 0 spiro atoms. The molecule has 3 heteroatoms. The Morgan fingerprint density at radius 1 is 1.31 bits per heavy atom. The van der Waals surface area contributed by atoms with Crippen molar-refractivity contribution in [2.75, 3.05) is 6.61 Å². The van der Waals surface area contributed by atoms with E-state index < -0.39 is 20.8 Å². The van der Waals surface area contributed by atoms with Gasteiger partial charge in [-0.05, 0) is 87.2 Å². The second-order valence-electron chi connectivity index (χ2n) is 10.6. The van der Waals surface area contributed by atoms with E-state index in [-0.39, 0.29) is 10.5 Å². The average Bonchev–Trinajstić information content (AvgIpc) is 2.56. The summed E-state index contributed by atoms with van der Waals surface area (Å²) in [7, 11) is -1.79. The van der Waals surface area contributed by atoms with Gasteiger partial charge in [-0.1, -0.05) is 63.7 Å². The zero-order valence-electron chi connectivity index (χ0n) is 22.4. The van der Waals surface area contributed by atoms with Gasteiger partial charge in [-0.15, -0.1) is 0 Å². The van der Waals surface area contributed by atoms with Gasteiger partial charge in [-0.3, -0.25) is 0 Å². The van der Waals surface area contributed by atoms with E-state index in [1.807, 2.05) is 19.9 Å². The van der Waals surface area contributed by atoms with Crippen molar-refractivity contribution < 1.29 is 12.3 Å². The largest absolute Gasteiger partial charge is 0.413 e. The van der Waals surface area contributed by atoms with Gasteiger partial charge in [0.05, 0.1) is 6.61 Å². The first-order valence-corrected chi connectivity index (χ1v) is 13.7. The Bertz CT molecular complexity index is 799. The van der Waals surface area contributed by atoms with Crippen molar-refractivity contribution in [3.63, 3.8) is 0 Å². The quantitative estimate of drug-likeness (QED) is 0.281. The van der Waals surface area contributed by atoms with Crippen LogP contribution in [-0.4, -0.2) is 26.1 Å². The molecule has 0 heterocycles. The number of aliphatic hydroxyl groups is 1. The minimum atomic E-state index is -1.79. The molecule has 164 valence electrons. The molecule has 0 fully saturated rings. The molecule has 0 aromatic carbocycles. The molecule has 0 aliphatic heterocycles. The molecule has 1 aliphatic rings. The van der Waals surface area contributed by atoms with E-state index in [0.29, 0.717) is 12.2 Å². The van der Waals surface area contributed by atoms with Crippen LogP contribution in [0.4, 0.5) is 0 Å². The highest BCUT2D eigenvalue weighted by Gasteiger charge is 2.36. The van der Waals surface area contributed by atoms with Gasteiger partial charge in [-0.25, -0.2) is 0 Å². The summed E-state index contributed by atoms with van der Waals surface area (Å²) in [5.74, 6) is 5.86. The van der Waals surface area contributed by atoms with Crippen LogP contribution in [0.2, 0.25) is 18.1 Å². The van der Waals surface area contributed by atoms with Crippen LogP contribution in [-0.2, 0) is 4.43 Å². The average molecular weight is 419 g/mol. The molecule has 0 saturated carbocycles. The van der Waals surface area contributed by atoms with E-state index in [9.17, 15) is 5.11 Å². The third kappa shape index (κ3) is 7.93. The van der Waals surface area contributed by atoms with Crippen molar-refractivity contribution in [3.8, 4) is 11.8 Å². The summed E-state index contributed by atoms with van der Waals surface area (Å²) in [6.45, 7) is 21.5. The van der Waals surface area contributed by atoms with Gasteiger partial charge >= 0.3 is 0 Å². The van der Waals surface area contributed by atoms with Crippen molar-refractivity contribution >= 4 is 8.32 Å². The molecule has 1 rings (SSSR count). The fourth-order valence-corrected chi connectivity index (χ4v) is 4.08. The van der Waals surface area contributed by atoms with Gasteiger partial charge in [0.25, 0.3) is 0 Å². The highest BCUT2D eigenvalue weighted by atomic mass is 28.4. The predicted octanol–water partition coefficient (Wildman–Crippen LogP) is 7.18. The highest BCUT2D eigenvalue weighted by Crippen LogP contribution is 2.42. The number of hydrogen-bond acceptors (Lipinski definition) is 2. The summed E-state index contributed by atoms with van der Waals surface area (Å²) < 4.78 is 23.5. The van der Waals surface area contributed by atoms with Gasteiger partial charge in [0.15, 0.2) is 8.32 Å². The summed E-state index contributed by atoms with van der Waals surface area (Å²) in [6, 6.07) is 0. The molecule has 0 aromatic rings. The minimum Gasteiger partial charge on any atom is -0.413 e. The van der Waals surface area contributed by atoms with Crippen LogP contribution in [0.25, 0.3) is 0 Å². The number of allylic oxidation sites excluding steroid dienone is 4. The van der Waals surface area contributed by atoms with Crippen molar-refractivity contribution in [1.82, 2.24) is 0 Å². The standard InChI is InChI=1S/C26H44O2Si/c1-20(17-19-28-29(9,10)25(4,5)6)13-16-24(27)22(3)14-15-23-21(2)12-11-18-26(23,7)8/h14,17,24,27H,11-12,15,18-19H2,1-10H3/b20-17+,22-14+/i15D2. The molecule has 0 aromatic heterocycles. The smallest absolute Gasteiger partial charge is 0.192 e. The summed E-state index contributed by atoms with van der Waals surface area (Å²) in [5.41, 5.74) is 3.20. The maximum Gasteiger partial charge on any atom is 0.192 e. The lowest BCUT2D eigenvalue weighted by Crippen LogP contribution is -2.40. The molecule has 1 atom stereocenters. The lowest BCUT2D eigenvalue weighted by molar-refractivity contribution is 0.267. The van der Waals surface area contributed by atoms with Crippen molar-refractivity contribution in [3.05, 3.63) is 34.4 Å². The lowest BCUT2D eigenvalue weighted by atomic mass is 9.71. The third-order valence-corrected chi connectivity index (χ3v) is 10.9. The zero-order chi connectivity index (χ0) is 24.3. The summed E-state index contributed by atoms with van der Waals surface area (Å²) in [5, 5.41) is 10.7. The molecule has 1 N–H and O–H groups in total. The fourth-order valence-electron chi connectivity index (χ4n) is 3.15. The van der Waals surface area contributed by atoms with E-state index in [1.54, 1.807) is 13.0 Å². The van der Waals surface area contributed by atoms with Crippen LogP contribution in [0.5, 0.6) is 0 Å². The first-order chi connectivity index (χ1) is 13.9. The number of rotatable bonds is 6. The Morgan fingerprint density at radius 2 is 1.93 bits per heavy atom. The zero-order valence-corrected chi connectivity index (χ0v) is 21.4. The Balaban J connectivity index is 2.92. The van der Waals surface area contributed by atoms with Gasteiger partial charge in [0, 0.05) is 2.74 Å². The first-order valence-electron chi connectivity index (χ1n) is 11.8. The summed E-state index contributed by atoms with van der Waals surface area (Å²) in [4.78, 5) is 0. The Morgan fingerprint density at radius 3 is 2.48 bits per heavy atom. The van der Waals surface area contributed by atoms with Crippen LogP contribution < -0.4 is 0 Å². The van der Waals surface area contributed by atoms with Gasteiger partial charge in [-0.2, -0.15) is 0 Å². The molecule has 0 amide bonds. The van der Waals surface area contributed by atoms with Crippen LogP contribution in [0.15, 0.2) is 34.4 Å². The van der Waals surface area contributed by atoms with E-state index >= 15 is 0 Å². The van der Waals surface area contributed by atoms with Crippen molar-refractivity contribution in [2.45, 2.75) is 105 Å². The number of aliphatic hydroxyl groups excluding tert-OH is 1. The maximum absolute atomic E-state index is 10.5. The fraction of sp³-hybridized carbons (Fsp3) is 0.692. The summed E-state index contributed by atoms with van der Waals surface area (Å²) in [6.07, 6.45) is 3.94. The van der Waals surface area contributed by atoms with E-state index in [0.717, 1.165) is 36.0 Å². The van der Waals surface area contributed by atoms with Gasteiger partial charge in [0.2, 0.25) is 0 Å².